The molecular weight excluding hydrogens is 247 g/mol. The van der Waals surface area contributed by atoms with E-state index in [0.717, 1.165) is 0 Å². The maximum absolute atomic E-state index is 14.4. The summed E-state index contributed by atoms with van der Waals surface area (Å²) in [6.45, 7) is 4.79. The van der Waals surface area contributed by atoms with Crippen LogP contribution in [0.3, 0.4) is 0 Å². The first-order valence-electron chi connectivity index (χ1n) is 6.29. The van der Waals surface area contributed by atoms with Gasteiger partial charge in [0.1, 0.15) is 11.4 Å². The van der Waals surface area contributed by atoms with Crippen molar-refractivity contribution in [3.8, 4) is 0 Å². The van der Waals surface area contributed by atoms with Crippen LogP contribution in [0.25, 0.3) is 0 Å². The van der Waals surface area contributed by atoms with Crippen molar-refractivity contribution < 1.29 is 19.0 Å². The van der Waals surface area contributed by atoms with Crippen LogP contribution in [0.5, 0.6) is 0 Å². The fourth-order valence-electron chi connectivity index (χ4n) is 1.84. The summed E-state index contributed by atoms with van der Waals surface area (Å²) in [5, 5.41) is 10.5. The summed E-state index contributed by atoms with van der Waals surface area (Å²) < 4.78 is 19.2. The molecule has 1 unspecified atom stereocenters. The van der Waals surface area contributed by atoms with Gasteiger partial charge in [0.05, 0.1) is 12.2 Å². The maximum Gasteiger partial charge on any atom is 0.336 e. The van der Waals surface area contributed by atoms with Gasteiger partial charge in [0.15, 0.2) is 0 Å². The normalized spacial score (nSPS) is 15.4. The summed E-state index contributed by atoms with van der Waals surface area (Å²) in [4.78, 5) is 11.5. The van der Waals surface area contributed by atoms with Crippen molar-refractivity contribution >= 4 is 5.97 Å². The molecule has 0 radical (unpaired) electrons. The fraction of sp³-hybridized carbons (Fsp3) is 0.400. The van der Waals surface area contributed by atoms with E-state index < -0.39 is 17.4 Å². The van der Waals surface area contributed by atoms with Crippen LogP contribution in [0.4, 0.5) is 4.39 Å². The summed E-state index contributed by atoms with van der Waals surface area (Å²) in [7, 11) is 0. The zero-order chi connectivity index (χ0) is 14.5. The first kappa shape index (κ1) is 15.4. The lowest BCUT2D eigenvalue weighted by molar-refractivity contribution is -0.138. The molecular formula is C15H19FO3. The van der Waals surface area contributed by atoms with Crippen LogP contribution in [0.15, 0.2) is 41.7 Å². The van der Waals surface area contributed by atoms with Gasteiger partial charge >= 0.3 is 5.97 Å². The fourth-order valence-corrected chi connectivity index (χ4v) is 1.84. The SMILES string of the molecule is CCOC(=O)/C(C)=C(/F)C(O)(CC)c1ccccc1. The summed E-state index contributed by atoms with van der Waals surface area (Å²) in [6.07, 6.45) is 0.125. The second kappa shape index (κ2) is 6.48. The number of rotatable bonds is 5. The summed E-state index contributed by atoms with van der Waals surface area (Å²) in [5.41, 5.74) is -1.58. The quantitative estimate of drug-likeness (QED) is 0.658. The third-order valence-corrected chi connectivity index (χ3v) is 3.04. The molecule has 0 aliphatic carbocycles. The molecule has 19 heavy (non-hydrogen) atoms. The molecule has 0 aliphatic rings. The van der Waals surface area contributed by atoms with Crippen molar-refractivity contribution in [2.24, 2.45) is 0 Å². The standard InChI is InChI=1S/C15H19FO3/c1-4-15(18,12-9-7-6-8-10-12)13(16)11(3)14(17)19-5-2/h6-10,18H,4-5H2,1-3H3/b13-11+. The highest BCUT2D eigenvalue weighted by atomic mass is 19.1. The molecule has 1 aromatic carbocycles. The van der Waals surface area contributed by atoms with Crippen LogP contribution in [-0.4, -0.2) is 17.7 Å². The average Bonchev–Trinajstić information content (AvgIpc) is 2.46. The highest BCUT2D eigenvalue weighted by molar-refractivity contribution is 5.88. The van der Waals surface area contributed by atoms with E-state index in [4.69, 9.17) is 4.74 Å². The Balaban J connectivity index is 3.22. The van der Waals surface area contributed by atoms with Crippen LogP contribution in [-0.2, 0) is 15.1 Å². The highest BCUT2D eigenvalue weighted by Crippen LogP contribution is 2.35. The number of benzene rings is 1. The number of esters is 1. The number of carbonyl (C=O) groups is 1. The Kier molecular flexibility index (Phi) is 5.24. The van der Waals surface area contributed by atoms with Crippen LogP contribution in [0.1, 0.15) is 32.8 Å². The Labute approximate surface area is 112 Å². The molecule has 1 aromatic rings. The number of halogens is 1. The topological polar surface area (TPSA) is 46.5 Å². The first-order valence-corrected chi connectivity index (χ1v) is 6.29. The smallest absolute Gasteiger partial charge is 0.336 e. The maximum atomic E-state index is 14.4. The second-order valence-corrected chi connectivity index (χ2v) is 4.24. The third-order valence-electron chi connectivity index (χ3n) is 3.04. The molecule has 0 saturated carbocycles. The van der Waals surface area contributed by atoms with Gasteiger partial charge in [-0.25, -0.2) is 9.18 Å². The van der Waals surface area contributed by atoms with Crippen LogP contribution < -0.4 is 0 Å². The zero-order valence-corrected chi connectivity index (χ0v) is 11.4. The largest absolute Gasteiger partial charge is 0.463 e. The molecule has 0 saturated heterocycles. The highest BCUT2D eigenvalue weighted by Gasteiger charge is 2.35. The Morgan fingerprint density at radius 2 is 1.89 bits per heavy atom. The van der Waals surface area contributed by atoms with Crippen molar-refractivity contribution in [1.82, 2.24) is 0 Å². The zero-order valence-electron chi connectivity index (χ0n) is 11.4. The average molecular weight is 266 g/mol. The van der Waals surface area contributed by atoms with Gasteiger partial charge < -0.3 is 9.84 Å². The van der Waals surface area contributed by atoms with Crippen molar-refractivity contribution in [3.63, 3.8) is 0 Å². The molecule has 4 heteroatoms. The third kappa shape index (κ3) is 3.20. The van der Waals surface area contributed by atoms with Gasteiger partial charge in [-0.3, -0.25) is 0 Å². The predicted octanol–water partition coefficient (Wildman–Crippen LogP) is 3.09. The van der Waals surface area contributed by atoms with Crippen LogP contribution >= 0.6 is 0 Å². The van der Waals surface area contributed by atoms with E-state index in [1.54, 1.807) is 44.2 Å². The lowest BCUT2D eigenvalue weighted by Gasteiger charge is -2.26. The van der Waals surface area contributed by atoms with E-state index in [1.165, 1.54) is 6.92 Å². The Bertz CT molecular complexity index is 468. The number of carbonyl (C=O) groups excluding carboxylic acids is 1. The van der Waals surface area contributed by atoms with Gasteiger partial charge in [0.25, 0.3) is 0 Å². The van der Waals surface area contributed by atoms with E-state index in [1.807, 2.05) is 0 Å². The molecule has 1 atom stereocenters. The summed E-state index contributed by atoms with van der Waals surface area (Å²) >= 11 is 0. The molecule has 0 aromatic heterocycles. The Hall–Kier alpha value is -1.68. The molecule has 104 valence electrons. The number of hydrogen-bond donors (Lipinski definition) is 1. The molecule has 0 heterocycles. The van der Waals surface area contributed by atoms with Crippen molar-refractivity contribution in [1.29, 1.82) is 0 Å². The van der Waals surface area contributed by atoms with Gasteiger partial charge in [0.2, 0.25) is 0 Å². The molecule has 1 rings (SSSR count). The van der Waals surface area contributed by atoms with Crippen molar-refractivity contribution in [2.45, 2.75) is 32.8 Å². The van der Waals surface area contributed by atoms with E-state index in [0.29, 0.717) is 5.56 Å². The van der Waals surface area contributed by atoms with E-state index >= 15 is 0 Å². The lowest BCUT2D eigenvalue weighted by atomic mass is 9.88. The molecule has 0 fully saturated rings. The molecule has 0 aliphatic heterocycles. The van der Waals surface area contributed by atoms with Gasteiger partial charge in [-0.2, -0.15) is 0 Å². The number of hydrogen-bond acceptors (Lipinski definition) is 3. The summed E-state index contributed by atoms with van der Waals surface area (Å²) in [5.74, 6) is -1.61. The van der Waals surface area contributed by atoms with Gasteiger partial charge in [-0.15, -0.1) is 0 Å². The van der Waals surface area contributed by atoms with Gasteiger partial charge in [-0.1, -0.05) is 37.3 Å². The molecule has 1 N–H and O–H groups in total. The predicted molar refractivity (Wildman–Crippen MR) is 71.1 cm³/mol. The summed E-state index contributed by atoms with van der Waals surface area (Å²) in [6, 6.07) is 8.45. The minimum Gasteiger partial charge on any atom is -0.463 e. The molecule has 3 nitrogen and oxygen atoms in total. The molecule has 0 bridgehead atoms. The number of ether oxygens (including phenoxy) is 1. The van der Waals surface area contributed by atoms with E-state index in [9.17, 15) is 14.3 Å². The first-order chi connectivity index (χ1) is 8.97. The van der Waals surface area contributed by atoms with Gasteiger partial charge in [0, 0.05) is 0 Å². The number of aliphatic hydroxyl groups is 1. The minimum atomic E-state index is -1.79. The second-order valence-electron chi connectivity index (χ2n) is 4.24. The van der Waals surface area contributed by atoms with E-state index in [2.05, 4.69) is 0 Å². The minimum absolute atomic E-state index is 0.125. The van der Waals surface area contributed by atoms with Crippen molar-refractivity contribution in [3.05, 3.63) is 47.3 Å². The monoisotopic (exact) mass is 266 g/mol. The Morgan fingerprint density at radius 1 is 1.32 bits per heavy atom. The van der Waals surface area contributed by atoms with Crippen molar-refractivity contribution in [2.75, 3.05) is 6.61 Å². The van der Waals surface area contributed by atoms with E-state index in [-0.39, 0.29) is 18.6 Å². The molecule has 0 amide bonds. The Morgan fingerprint density at radius 3 is 2.37 bits per heavy atom. The molecule has 0 spiro atoms. The van der Waals surface area contributed by atoms with Crippen LogP contribution in [0, 0.1) is 0 Å². The van der Waals surface area contributed by atoms with Gasteiger partial charge in [-0.05, 0) is 25.8 Å². The lowest BCUT2D eigenvalue weighted by Crippen LogP contribution is -2.28. The van der Waals surface area contributed by atoms with Crippen LogP contribution in [0.2, 0.25) is 0 Å².